The summed E-state index contributed by atoms with van der Waals surface area (Å²) in [5, 5.41) is 6.41. The monoisotopic (exact) mass is 306 g/mol. The number of nitrogens with one attached hydrogen (secondary N) is 2. The Bertz CT molecular complexity index is 499. The van der Waals surface area contributed by atoms with Crippen molar-refractivity contribution in [1.29, 1.82) is 0 Å². The molecule has 122 valence electrons. The molecule has 22 heavy (non-hydrogen) atoms. The smallest absolute Gasteiger partial charge is 0.223 e. The van der Waals surface area contributed by atoms with E-state index in [1.54, 1.807) is 14.2 Å². The predicted molar refractivity (Wildman–Crippen MR) is 86.4 cm³/mol. The number of ether oxygens (including phenoxy) is 2. The van der Waals surface area contributed by atoms with Crippen LogP contribution in [0.15, 0.2) is 18.2 Å². The van der Waals surface area contributed by atoms with Crippen LogP contribution in [0.25, 0.3) is 0 Å². The van der Waals surface area contributed by atoms with Crippen LogP contribution in [0.1, 0.15) is 25.3 Å². The lowest BCUT2D eigenvalue weighted by Crippen LogP contribution is -2.42. The van der Waals surface area contributed by atoms with E-state index in [-0.39, 0.29) is 17.9 Å². The average Bonchev–Trinajstić information content (AvgIpc) is 2.55. The molecule has 0 aromatic heterocycles. The molecule has 0 spiro atoms. The summed E-state index contributed by atoms with van der Waals surface area (Å²) in [7, 11) is 3.25. The van der Waals surface area contributed by atoms with Crippen LogP contribution >= 0.6 is 0 Å². The van der Waals surface area contributed by atoms with Gasteiger partial charge in [-0.15, -0.1) is 0 Å². The highest BCUT2D eigenvalue weighted by Crippen LogP contribution is 2.28. The van der Waals surface area contributed by atoms with Crippen LogP contribution in [0.2, 0.25) is 0 Å². The Balaban J connectivity index is 1.90. The van der Waals surface area contributed by atoms with E-state index in [2.05, 4.69) is 10.6 Å². The molecule has 1 unspecified atom stereocenters. The van der Waals surface area contributed by atoms with Crippen molar-refractivity contribution in [3.8, 4) is 11.5 Å². The Kier molecular flexibility index (Phi) is 6.07. The minimum absolute atomic E-state index is 0.0977. The summed E-state index contributed by atoms with van der Waals surface area (Å²) < 4.78 is 10.6. The summed E-state index contributed by atoms with van der Waals surface area (Å²) >= 11 is 0. The second-order valence-electron chi connectivity index (χ2n) is 5.83. The molecule has 1 aromatic carbocycles. The third kappa shape index (κ3) is 4.37. The highest BCUT2D eigenvalue weighted by Gasteiger charge is 2.22. The van der Waals surface area contributed by atoms with Gasteiger partial charge in [0.1, 0.15) is 0 Å². The predicted octanol–water partition coefficient (Wildman–Crippen LogP) is 1.75. The zero-order valence-corrected chi connectivity index (χ0v) is 13.6. The van der Waals surface area contributed by atoms with Gasteiger partial charge >= 0.3 is 0 Å². The molecule has 1 aliphatic rings. The molecule has 2 rings (SSSR count). The molecule has 1 saturated heterocycles. The van der Waals surface area contributed by atoms with E-state index in [1.165, 1.54) is 0 Å². The first-order valence-corrected chi connectivity index (χ1v) is 7.86. The molecular weight excluding hydrogens is 280 g/mol. The maximum Gasteiger partial charge on any atom is 0.223 e. The minimum atomic E-state index is 0.0977. The maximum absolute atomic E-state index is 12.2. The van der Waals surface area contributed by atoms with E-state index in [0.717, 1.165) is 49.4 Å². The van der Waals surface area contributed by atoms with Gasteiger partial charge in [-0.3, -0.25) is 4.79 Å². The Morgan fingerprint density at radius 3 is 2.59 bits per heavy atom. The molecule has 1 heterocycles. The van der Waals surface area contributed by atoms with Crippen molar-refractivity contribution in [3.05, 3.63) is 23.8 Å². The molecular formula is C17H26N2O3. The minimum Gasteiger partial charge on any atom is -0.493 e. The van der Waals surface area contributed by atoms with Gasteiger partial charge in [-0.25, -0.2) is 0 Å². The molecule has 1 aromatic rings. The normalized spacial score (nSPS) is 16.9. The van der Waals surface area contributed by atoms with Crippen LogP contribution < -0.4 is 20.1 Å². The zero-order chi connectivity index (χ0) is 15.9. The molecule has 2 N–H and O–H groups in total. The second kappa shape index (κ2) is 8.03. The highest BCUT2D eigenvalue weighted by molar-refractivity contribution is 5.79. The molecule has 1 aliphatic heterocycles. The molecule has 1 atom stereocenters. The Morgan fingerprint density at radius 1 is 1.27 bits per heavy atom. The van der Waals surface area contributed by atoms with E-state index in [0.29, 0.717) is 0 Å². The summed E-state index contributed by atoms with van der Waals surface area (Å²) in [5.41, 5.74) is 1.12. The van der Waals surface area contributed by atoms with E-state index >= 15 is 0 Å². The fourth-order valence-electron chi connectivity index (χ4n) is 2.86. The lowest BCUT2D eigenvalue weighted by molar-refractivity contribution is -0.126. The summed E-state index contributed by atoms with van der Waals surface area (Å²) in [6.45, 7) is 3.90. The van der Waals surface area contributed by atoms with Gasteiger partial charge in [0.15, 0.2) is 11.5 Å². The van der Waals surface area contributed by atoms with Gasteiger partial charge in [-0.2, -0.15) is 0 Å². The largest absolute Gasteiger partial charge is 0.493 e. The molecule has 5 heteroatoms. The number of methoxy groups -OCH3 is 2. The van der Waals surface area contributed by atoms with Gasteiger partial charge in [-0.1, -0.05) is 6.07 Å². The van der Waals surface area contributed by atoms with Crippen molar-refractivity contribution >= 4 is 5.91 Å². The first kappa shape index (κ1) is 16.6. The van der Waals surface area contributed by atoms with Crippen LogP contribution in [-0.2, 0) is 11.2 Å². The SMILES string of the molecule is COc1ccc(CC(C)NC(=O)C2CCNCC2)cc1OC. The number of amides is 1. The average molecular weight is 306 g/mol. The van der Waals surface area contributed by atoms with Crippen LogP contribution in [0.3, 0.4) is 0 Å². The van der Waals surface area contributed by atoms with Crippen molar-refractivity contribution < 1.29 is 14.3 Å². The molecule has 5 nitrogen and oxygen atoms in total. The zero-order valence-electron chi connectivity index (χ0n) is 13.6. The van der Waals surface area contributed by atoms with E-state index < -0.39 is 0 Å². The van der Waals surface area contributed by atoms with Crippen molar-refractivity contribution in [1.82, 2.24) is 10.6 Å². The summed E-state index contributed by atoms with van der Waals surface area (Å²) in [6.07, 6.45) is 2.63. The first-order chi connectivity index (χ1) is 10.6. The van der Waals surface area contributed by atoms with Gasteiger partial charge in [0.2, 0.25) is 5.91 Å². The molecule has 0 aliphatic carbocycles. The molecule has 0 saturated carbocycles. The second-order valence-corrected chi connectivity index (χ2v) is 5.83. The van der Waals surface area contributed by atoms with Crippen molar-refractivity contribution in [2.45, 2.75) is 32.2 Å². The number of rotatable bonds is 6. The summed E-state index contributed by atoms with van der Waals surface area (Å²) in [6, 6.07) is 5.97. The molecule has 0 radical (unpaired) electrons. The number of hydrogen-bond donors (Lipinski definition) is 2. The van der Waals surface area contributed by atoms with Gasteiger partial charge in [0.05, 0.1) is 14.2 Å². The number of piperidine rings is 1. The topological polar surface area (TPSA) is 59.6 Å². The van der Waals surface area contributed by atoms with Gasteiger partial charge in [-0.05, 0) is 57.0 Å². The van der Waals surface area contributed by atoms with E-state index in [9.17, 15) is 4.79 Å². The number of benzene rings is 1. The number of carbonyl (C=O) groups is 1. The molecule has 1 fully saturated rings. The maximum atomic E-state index is 12.2. The first-order valence-electron chi connectivity index (χ1n) is 7.86. The molecule has 1 amide bonds. The summed E-state index contributed by atoms with van der Waals surface area (Å²) in [4.78, 5) is 12.2. The Labute approximate surface area is 132 Å². The lowest BCUT2D eigenvalue weighted by atomic mass is 9.96. The Hall–Kier alpha value is -1.75. The van der Waals surface area contributed by atoms with Gasteiger partial charge in [0, 0.05) is 12.0 Å². The van der Waals surface area contributed by atoms with Gasteiger partial charge < -0.3 is 20.1 Å². The van der Waals surface area contributed by atoms with Gasteiger partial charge in [0.25, 0.3) is 0 Å². The standard InChI is InChI=1S/C17H26N2O3/c1-12(19-17(20)14-6-8-18-9-7-14)10-13-4-5-15(21-2)16(11-13)22-3/h4-5,11-12,14,18H,6-10H2,1-3H3,(H,19,20). The third-order valence-electron chi connectivity index (χ3n) is 4.09. The van der Waals surface area contributed by atoms with E-state index in [4.69, 9.17) is 9.47 Å². The fraction of sp³-hybridized carbons (Fsp3) is 0.588. The number of carbonyl (C=O) groups excluding carboxylic acids is 1. The van der Waals surface area contributed by atoms with Crippen molar-refractivity contribution in [2.24, 2.45) is 5.92 Å². The molecule has 0 bridgehead atoms. The van der Waals surface area contributed by atoms with Crippen LogP contribution in [-0.4, -0.2) is 39.3 Å². The van der Waals surface area contributed by atoms with Crippen LogP contribution in [0, 0.1) is 5.92 Å². The third-order valence-corrected chi connectivity index (χ3v) is 4.09. The quantitative estimate of drug-likeness (QED) is 0.840. The fourth-order valence-corrected chi connectivity index (χ4v) is 2.86. The Morgan fingerprint density at radius 2 is 1.95 bits per heavy atom. The lowest BCUT2D eigenvalue weighted by Gasteiger charge is -2.24. The van der Waals surface area contributed by atoms with E-state index in [1.807, 2.05) is 25.1 Å². The summed E-state index contributed by atoms with van der Waals surface area (Å²) in [5.74, 6) is 1.76. The van der Waals surface area contributed by atoms with Crippen LogP contribution in [0.4, 0.5) is 0 Å². The van der Waals surface area contributed by atoms with Crippen molar-refractivity contribution in [2.75, 3.05) is 27.3 Å². The van der Waals surface area contributed by atoms with Crippen LogP contribution in [0.5, 0.6) is 11.5 Å². The highest BCUT2D eigenvalue weighted by atomic mass is 16.5. The van der Waals surface area contributed by atoms with Crippen molar-refractivity contribution in [3.63, 3.8) is 0 Å². The number of hydrogen-bond acceptors (Lipinski definition) is 4.